The molecule has 25 heavy (non-hydrogen) atoms. The monoisotopic (exact) mass is 332 g/mol. The standard InChI is InChI=1S/C20H20N4O/c1-15(16-5-3-2-4-6-16)23-11-12-24(20(23)25)19-9-7-17(8-10-19)18(13-21)14-22/h2-15,21H,22H2,1H3/b18-14+,21-13?. The summed E-state index contributed by atoms with van der Waals surface area (Å²) >= 11 is 0. The van der Waals surface area contributed by atoms with Gasteiger partial charge in [0.15, 0.2) is 0 Å². The predicted octanol–water partition coefficient (Wildman–Crippen LogP) is 3.20. The number of benzene rings is 2. The van der Waals surface area contributed by atoms with Crippen LogP contribution in [0.3, 0.4) is 0 Å². The maximum atomic E-state index is 12.8. The average Bonchev–Trinajstić information content (AvgIpc) is 3.05. The number of nitrogens with zero attached hydrogens (tertiary/aromatic N) is 2. The smallest absolute Gasteiger partial charge is 0.333 e. The number of nitrogens with two attached hydrogens (primary N) is 1. The maximum Gasteiger partial charge on any atom is 0.333 e. The third-order valence-electron chi connectivity index (χ3n) is 4.32. The highest BCUT2D eigenvalue weighted by atomic mass is 16.1. The first-order valence-electron chi connectivity index (χ1n) is 8.03. The van der Waals surface area contributed by atoms with Crippen molar-refractivity contribution in [1.82, 2.24) is 9.13 Å². The molecule has 1 unspecified atom stereocenters. The summed E-state index contributed by atoms with van der Waals surface area (Å²) in [5.74, 6) is 0. The molecular weight excluding hydrogens is 312 g/mol. The molecule has 126 valence electrons. The largest absolute Gasteiger partial charge is 0.404 e. The zero-order chi connectivity index (χ0) is 17.8. The molecule has 0 saturated heterocycles. The van der Waals surface area contributed by atoms with Crippen molar-refractivity contribution in [2.45, 2.75) is 13.0 Å². The van der Waals surface area contributed by atoms with Gasteiger partial charge in [0.05, 0.1) is 11.7 Å². The Morgan fingerprint density at radius 1 is 1.08 bits per heavy atom. The second kappa shape index (κ2) is 7.05. The van der Waals surface area contributed by atoms with E-state index >= 15 is 0 Å². The van der Waals surface area contributed by atoms with E-state index in [1.165, 1.54) is 12.4 Å². The summed E-state index contributed by atoms with van der Waals surface area (Å²) in [4.78, 5) is 12.8. The minimum absolute atomic E-state index is 0.0427. The third-order valence-corrected chi connectivity index (χ3v) is 4.32. The maximum absolute atomic E-state index is 12.8. The topological polar surface area (TPSA) is 76.8 Å². The van der Waals surface area contributed by atoms with Crippen molar-refractivity contribution >= 4 is 11.8 Å². The Labute approximate surface area is 146 Å². The molecule has 0 aliphatic carbocycles. The molecule has 1 heterocycles. The van der Waals surface area contributed by atoms with Crippen LogP contribution >= 0.6 is 0 Å². The Morgan fingerprint density at radius 2 is 1.76 bits per heavy atom. The first kappa shape index (κ1) is 16.5. The average molecular weight is 332 g/mol. The fourth-order valence-corrected chi connectivity index (χ4v) is 2.82. The zero-order valence-corrected chi connectivity index (χ0v) is 14.0. The molecule has 5 nitrogen and oxygen atoms in total. The highest BCUT2D eigenvalue weighted by Gasteiger charge is 2.13. The number of aromatic nitrogens is 2. The van der Waals surface area contributed by atoms with Crippen LogP contribution in [-0.2, 0) is 0 Å². The Hall–Kier alpha value is -3.34. The molecule has 3 aromatic rings. The van der Waals surface area contributed by atoms with Crippen LogP contribution in [0, 0.1) is 5.41 Å². The quantitative estimate of drug-likeness (QED) is 0.704. The van der Waals surface area contributed by atoms with E-state index in [0.29, 0.717) is 5.57 Å². The van der Waals surface area contributed by atoms with Gasteiger partial charge < -0.3 is 11.1 Å². The SMILES string of the molecule is CC(c1ccccc1)n1ccn(-c2ccc(/C(C=N)=C/N)cc2)c1=O. The van der Waals surface area contributed by atoms with E-state index in [0.717, 1.165) is 16.8 Å². The molecule has 0 spiro atoms. The Morgan fingerprint density at radius 3 is 2.36 bits per heavy atom. The van der Waals surface area contributed by atoms with E-state index in [-0.39, 0.29) is 11.7 Å². The Balaban J connectivity index is 1.94. The third kappa shape index (κ3) is 3.17. The van der Waals surface area contributed by atoms with Gasteiger partial charge in [-0.2, -0.15) is 0 Å². The molecule has 0 bridgehead atoms. The molecule has 0 aliphatic rings. The van der Waals surface area contributed by atoms with Gasteiger partial charge in [0, 0.05) is 30.4 Å². The number of rotatable bonds is 5. The van der Waals surface area contributed by atoms with E-state index in [4.69, 9.17) is 11.1 Å². The molecule has 0 radical (unpaired) electrons. The Bertz CT molecular complexity index is 949. The zero-order valence-electron chi connectivity index (χ0n) is 14.0. The van der Waals surface area contributed by atoms with E-state index < -0.39 is 0 Å². The summed E-state index contributed by atoms with van der Waals surface area (Å²) in [6, 6.07) is 17.3. The van der Waals surface area contributed by atoms with Gasteiger partial charge >= 0.3 is 5.69 Å². The lowest BCUT2D eigenvalue weighted by molar-refractivity contribution is 0.609. The second-order valence-electron chi connectivity index (χ2n) is 5.76. The van der Waals surface area contributed by atoms with Gasteiger partial charge in [-0.3, -0.25) is 9.13 Å². The van der Waals surface area contributed by atoms with Gasteiger partial charge in [-0.25, -0.2) is 4.79 Å². The molecule has 1 atom stereocenters. The molecule has 3 rings (SSSR count). The van der Waals surface area contributed by atoms with Crippen LogP contribution in [0.2, 0.25) is 0 Å². The number of allylic oxidation sites excluding steroid dienone is 1. The normalized spacial score (nSPS) is 12.8. The van der Waals surface area contributed by atoms with E-state index in [2.05, 4.69) is 0 Å². The van der Waals surface area contributed by atoms with Gasteiger partial charge in [-0.1, -0.05) is 42.5 Å². The van der Waals surface area contributed by atoms with Gasteiger partial charge in [0.25, 0.3) is 0 Å². The lowest BCUT2D eigenvalue weighted by atomic mass is 10.1. The van der Waals surface area contributed by atoms with Crippen molar-refractivity contribution in [1.29, 1.82) is 5.41 Å². The van der Waals surface area contributed by atoms with Crippen molar-refractivity contribution in [2.24, 2.45) is 5.73 Å². The summed E-state index contributed by atoms with van der Waals surface area (Å²) in [6.07, 6.45) is 6.18. The van der Waals surface area contributed by atoms with Crippen LogP contribution in [0.25, 0.3) is 11.3 Å². The summed E-state index contributed by atoms with van der Waals surface area (Å²) in [5, 5.41) is 7.35. The molecular formula is C20H20N4O. The van der Waals surface area contributed by atoms with Gasteiger partial charge in [-0.05, 0) is 30.2 Å². The number of nitrogens with one attached hydrogen (secondary N) is 1. The van der Waals surface area contributed by atoms with Crippen LogP contribution in [0.4, 0.5) is 0 Å². The van der Waals surface area contributed by atoms with Crippen LogP contribution in [0.1, 0.15) is 24.1 Å². The fraction of sp³-hybridized carbons (Fsp3) is 0.100. The summed E-state index contributed by atoms with van der Waals surface area (Å²) < 4.78 is 3.32. The highest BCUT2D eigenvalue weighted by molar-refractivity contribution is 6.08. The molecule has 0 saturated carbocycles. The first-order chi connectivity index (χ1) is 12.2. The van der Waals surface area contributed by atoms with Crippen molar-refractivity contribution in [3.8, 4) is 5.69 Å². The summed E-state index contributed by atoms with van der Waals surface area (Å²) in [6.45, 7) is 2.01. The highest BCUT2D eigenvalue weighted by Crippen LogP contribution is 2.17. The van der Waals surface area contributed by atoms with Gasteiger partial charge in [0.1, 0.15) is 0 Å². The molecule has 0 amide bonds. The second-order valence-corrected chi connectivity index (χ2v) is 5.76. The predicted molar refractivity (Wildman–Crippen MR) is 101 cm³/mol. The van der Waals surface area contributed by atoms with Gasteiger partial charge in [0.2, 0.25) is 0 Å². The molecule has 1 aromatic heterocycles. The van der Waals surface area contributed by atoms with Crippen LogP contribution < -0.4 is 11.4 Å². The number of imidazole rings is 1. The van der Waals surface area contributed by atoms with Crippen LogP contribution in [0.15, 0.2) is 78.0 Å². The van der Waals surface area contributed by atoms with Gasteiger partial charge in [-0.15, -0.1) is 0 Å². The van der Waals surface area contributed by atoms with Crippen LogP contribution in [-0.4, -0.2) is 15.3 Å². The fourth-order valence-electron chi connectivity index (χ4n) is 2.82. The lowest BCUT2D eigenvalue weighted by Gasteiger charge is -2.12. The summed E-state index contributed by atoms with van der Waals surface area (Å²) in [7, 11) is 0. The molecule has 0 fully saturated rings. The van der Waals surface area contributed by atoms with Crippen LogP contribution in [0.5, 0.6) is 0 Å². The van der Waals surface area contributed by atoms with E-state index in [1.54, 1.807) is 21.5 Å². The minimum Gasteiger partial charge on any atom is -0.404 e. The lowest BCUT2D eigenvalue weighted by Crippen LogP contribution is -2.25. The Kier molecular flexibility index (Phi) is 4.66. The number of hydrogen-bond donors (Lipinski definition) is 2. The molecule has 5 heteroatoms. The summed E-state index contributed by atoms with van der Waals surface area (Å²) in [5.41, 5.74) is 8.75. The van der Waals surface area contributed by atoms with Crippen molar-refractivity contribution in [2.75, 3.05) is 0 Å². The molecule has 0 aliphatic heterocycles. The molecule has 2 aromatic carbocycles. The molecule has 3 N–H and O–H groups in total. The van der Waals surface area contributed by atoms with E-state index in [9.17, 15) is 4.79 Å². The minimum atomic E-state index is -0.0919. The van der Waals surface area contributed by atoms with Crippen molar-refractivity contribution in [3.05, 3.63) is 94.8 Å². The number of hydrogen-bond acceptors (Lipinski definition) is 3. The van der Waals surface area contributed by atoms with E-state index in [1.807, 2.05) is 61.5 Å². The van der Waals surface area contributed by atoms with Crippen molar-refractivity contribution in [3.63, 3.8) is 0 Å². The first-order valence-corrected chi connectivity index (χ1v) is 8.03. The van der Waals surface area contributed by atoms with Crippen molar-refractivity contribution < 1.29 is 0 Å².